The van der Waals surface area contributed by atoms with Crippen LogP contribution in [0.3, 0.4) is 0 Å². The van der Waals surface area contributed by atoms with Gasteiger partial charge >= 0.3 is 12.1 Å². The van der Waals surface area contributed by atoms with Crippen molar-refractivity contribution in [2.24, 2.45) is 0 Å². The number of benzene rings is 3. The van der Waals surface area contributed by atoms with Gasteiger partial charge in [0.2, 0.25) is 0 Å². The molecule has 7 heteroatoms. The van der Waals surface area contributed by atoms with E-state index in [9.17, 15) is 14.4 Å². The number of anilines is 1. The molecule has 0 spiro atoms. The molecule has 0 saturated carbocycles. The Labute approximate surface area is 191 Å². The van der Waals surface area contributed by atoms with Crippen LogP contribution in [-0.2, 0) is 9.53 Å². The molecule has 1 atom stereocenters. The molecule has 0 saturated heterocycles. The lowest BCUT2D eigenvalue weighted by molar-refractivity contribution is -0.139. The normalized spacial score (nSPS) is 12.9. The maximum atomic E-state index is 12.5. The first-order chi connectivity index (χ1) is 16.0. The Morgan fingerprint density at radius 2 is 1.58 bits per heavy atom. The number of hydrogen-bond donors (Lipinski definition) is 3. The first-order valence-electron chi connectivity index (χ1n) is 10.7. The number of fused-ring (bicyclic) bond motifs is 3. The second kappa shape index (κ2) is 9.56. The average molecular weight is 444 g/mol. The van der Waals surface area contributed by atoms with Gasteiger partial charge in [0.05, 0.1) is 0 Å². The zero-order chi connectivity index (χ0) is 23.4. The van der Waals surface area contributed by atoms with Gasteiger partial charge in [0.25, 0.3) is 5.91 Å². The molecular weight excluding hydrogens is 420 g/mol. The summed E-state index contributed by atoms with van der Waals surface area (Å²) in [6.07, 6.45) is -0.370. The Morgan fingerprint density at radius 1 is 0.939 bits per heavy atom. The van der Waals surface area contributed by atoms with Crippen LogP contribution in [0.1, 0.15) is 40.7 Å². The molecule has 0 unspecified atom stereocenters. The van der Waals surface area contributed by atoms with E-state index in [0.29, 0.717) is 5.69 Å². The zero-order valence-corrected chi connectivity index (χ0v) is 18.1. The summed E-state index contributed by atoms with van der Waals surface area (Å²) in [5.41, 5.74) is 5.15. The van der Waals surface area contributed by atoms with E-state index in [-0.39, 0.29) is 24.5 Å². The van der Waals surface area contributed by atoms with Gasteiger partial charge in [0, 0.05) is 17.2 Å². The minimum absolute atomic E-state index is 0.0535. The highest BCUT2D eigenvalue weighted by molar-refractivity contribution is 5.98. The van der Waals surface area contributed by atoms with E-state index in [0.717, 1.165) is 22.3 Å². The lowest BCUT2D eigenvalue weighted by Crippen LogP contribution is -2.40. The van der Waals surface area contributed by atoms with Crippen LogP contribution in [0.15, 0.2) is 72.8 Å². The highest BCUT2D eigenvalue weighted by Gasteiger charge is 2.29. The highest BCUT2D eigenvalue weighted by atomic mass is 16.5. The molecule has 4 rings (SSSR count). The number of ether oxygens (including phenoxy) is 1. The molecule has 0 aromatic heterocycles. The number of carboxylic acids is 1. The van der Waals surface area contributed by atoms with Gasteiger partial charge in [-0.15, -0.1) is 0 Å². The van der Waals surface area contributed by atoms with Crippen molar-refractivity contribution in [3.8, 4) is 11.1 Å². The van der Waals surface area contributed by atoms with Crippen molar-refractivity contribution in [3.05, 3.63) is 89.5 Å². The minimum Gasteiger partial charge on any atom is -0.480 e. The van der Waals surface area contributed by atoms with Crippen LogP contribution in [0.5, 0.6) is 0 Å². The Balaban J connectivity index is 1.41. The molecule has 0 fully saturated rings. The molecule has 168 valence electrons. The van der Waals surface area contributed by atoms with Gasteiger partial charge in [-0.25, -0.2) is 9.59 Å². The summed E-state index contributed by atoms with van der Waals surface area (Å²) in [5, 5.41) is 14.2. The van der Waals surface area contributed by atoms with Crippen LogP contribution < -0.4 is 10.6 Å². The Bertz CT molecular complexity index is 1160. The van der Waals surface area contributed by atoms with Gasteiger partial charge in [-0.2, -0.15) is 0 Å². The fourth-order valence-electron chi connectivity index (χ4n) is 4.07. The number of hydrogen-bond acceptors (Lipinski definition) is 4. The minimum atomic E-state index is -1.10. The van der Waals surface area contributed by atoms with E-state index >= 15 is 0 Å². The molecule has 1 aliphatic rings. The fraction of sp³-hybridized carbons (Fsp3) is 0.192. The summed E-state index contributed by atoms with van der Waals surface area (Å²) in [5.74, 6) is -1.68. The van der Waals surface area contributed by atoms with Gasteiger partial charge < -0.3 is 15.2 Å². The van der Waals surface area contributed by atoms with E-state index in [4.69, 9.17) is 9.84 Å². The molecule has 3 N–H and O–H groups in total. The molecular formula is C26H24N2O5. The number of carbonyl (C=O) groups excluding carboxylic acids is 2. The van der Waals surface area contributed by atoms with Crippen molar-refractivity contribution in [2.45, 2.75) is 25.3 Å². The van der Waals surface area contributed by atoms with Crippen molar-refractivity contribution in [2.75, 3.05) is 11.9 Å². The van der Waals surface area contributed by atoms with Gasteiger partial charge in [-0.3, -0.25) is 10.1 Å². The van der Waals surface area contributed by atoms with Crippen LogP contribution in [-0.4, -0.2) is 35.7 Å². The number of amides is 2. The first-order valence-corrected chi connectivity index (χ1v) is 10.7. The summed E-state index contributed by atoms with van der Waals surface area (Å²) in [7, 11) is 0. The Morgan fingerprint density at radius 3 is 2.18 bits per heavy atom. The number of carbonyl (C=O) groups is 3. The highest BCUT2D eigenvalue weighted by Crippen LogP contribution is 2.44. The first kappa shape index (κ1) is 22.1. The summed E-state index contributed by atoms with van der Waals surface area (Å²) >= 11 is 0. The van der Waals surface area contributed by atoms with Crippen molar-refractivity contribution >= 4 is 23.7 Å². The quantitative estimate of drug-likeness (QED) is 0.492. The smallest absolute Gasteiger partial charge is 0.411 e. The number of nitrogens with one attached hydrogen (secondary N) is 2. The van der Waals surface area contributed by atoms with Crippen molar-refractivity contribution in [1.29, 1.82) is 0 Å². The molecule has 3 aromatic carbocycles. The molecule has 0 aliphatic heterocycles. The van der Waals surface area contributed by atoms with Crippen molar-refractivity contribution in [1.82, 2.24) is 5.32 Å². The van der Waals surface area contributed by atoms with E-state index in [1.807, 2.05) is 36.4 Å². The summed E-state index contributed by atoms with van der Waals surface area (Å²) < 4.78 is 5.53. The molecule has 1 aliphatic carbocycles. The maximum absolute atomic E-state index is 12.5. The fourth-order valence-corrected chi connectivity index (χ4v) is 4.07. The van der Waals surface area contributed by atoms with Crippen molar-refractivity contribution in [3.63, 3.8) is 0 Å². The van der Waals surface area contributed by atoms with E-state index in [2.05, 4.69) is 22.8 Å². The molecule has 3 aromatic rings. The lowest BCUT2D eigenvalue weighted by atomic mass is 9.98. The zero-order valence-electron chi connectivity index (χ0n) is 18.1. The van der Waals surface area contributed by atoms with Crippen LogP contribution in [0.25, 0.3) is 11.1 Å². The maximum Gasteiger partial charge on any atom is 0.411 e. The molecule has 2 amide bonds. The Kier molecular flexibility index (Phi) is 6.40. The molecule has 0 heterocycles. The monoisotopic (exact) mass is 444 g/mol. The molecule has 0 bridgehead atoms. The van der Waals surface area contributed by atoms with Crippen LogP contribution >= 0.6 is 0 Å². The van der Waals surface area contributed by atoms with Crippen molar-refractivity contribution < 1.29 is 24.2 Å². The SMILES string of the molecule is CC[C@H](NC(=O)c1cccc(NC(=O)OCC2c3ccccc3-c3ccccc32)c1)C(=O)O. The number of rotatable bonds is 7. The van der Waals surface area contributed by atoms with E-state index in [1.165, 1.54) is 6.07 Å². The standard InChI is InChI=1S/C26H24N2O5/c1-2-23(25(30)31)28-24(29)16-8-7-9-17(14-16)27-26(32)33-15-22-20-12-5-3-10-18(20)19-11-4-6-13-21(19)22/h3-14,22-23H,2,15H2,1H3,(H,27,32)(H,28,29)(H,30,31)/t23-/m0/s1. The van der Waals surface area contributed by atoms with E-state index in [1.54, 1.807) is 25.1 Å². The number of carboxylic acid groups (broad SMARTS) is 1. The van der Waals surface area contributed by atoms with Crippen LogP contribution in [0.4, 0.5) is 10.5 Å². The summed E-state index contributed by atoms with van der Waals surface area (Å²) in [6.45, 7) is 1.85. The number of aliphatic carboxylic acids is 1. The molecule has 7 nitrogen and oxygen atoms in total. The average Bonchev–Trinajstić information content (AvgIpc) is 3.14. The molecule has 0 radical (unpaired) electrons. The van der Waals surface area contributed by atoms with Crippen LogP contribution in [0.2, 0.25) is 0 Å². The molecule has 33 heavy (non-hydrogen) atoms. The lowest BCUT2D eigenvalue weighted by Gasteiger charge is -2.15. The van der Waals surface area contributed by atoms with Gasteiger partial charge in [-0.1, -0.05) is 61.5 Å². The summed E-state index contributed by atoms with van der Waals surface area (Å²) in [4.78, 5) is 36.0. The third-order valence-corrected chi connectivity index (χ3v) is 5.73. The summed E-state index contributed by atoms with van der Waals surface area (Å²) in [6, 6.07) is 21.5. The van der Waals surface area contributed by atoms with Gasteiger partial charge in [0.15, 0.2) is 0 Å². The topological polar surface area (TPSA) is 105 Å². The third-order valence-electron chi connectivity index (χ3n) is 5.73. The predicted molar refractivity (Wildman–Crippen MR) is 124 cm³/mol. The second-order valence-corrected chi connectivity index (χ2v) is 7.80. The van der Waals surface area contributed by atoms with Gasteiger partial charge in [-0.05, 0) is 46.9 Å². The third kappa shape index (κ3) is 4.72. The largest absolute Gasteiger partial charge is 0.480 e. The predicted octanol–water partition coefficient (Wildman–Crippen LogP) is 4.64. The second-order valence-electron chi connectivity index (χ2n) is 7.80. The van der Waals surface area contributed by atoms with E-state index < -0.39 is 24.0 Å². The van der Waals surface area contributed by atoms with Crippen LogP contribution in [0, 0.1) is 0 Å². The van der Waals surface area contributed by atoms with Gasteiger partial charge in [0.1, 0.15) is 12.6 Å². The Hall–Kier alpha value is -4.13.